The number of carbonyl (C=O) groups excluding carboxylic acids is 1. The quantitative estimate of drug-likeness (QED) is 0.887. The van der Waals surface area contributed by atoms with E-state index < -0.39 is 0 Å². The molecule has 0 saturated carbocycles. The van der Waals surface area contributed by atoms with Crippen molar-refractivity contribution in [2.24, 2.45) is 0 Å². The number of aromatic nitrogens is 2. The summed E-state index contributed by atoms with van der Waals surface area (Å²) in [5.41, 5.74) is 3.61. The van der Waals surface area contributed by atoms with Crippen LogP contribution in [0.1, 0.15) is 30.3 Å². The lowest BCUT2D eigenvalue weighted by Gasteiger charge is -2.32. The van der Waals surface area contributed by atoms with E-state index in [2.05, 4.69) is 61.3 Å². The maximum Gasteiger partial charge on any atom is 0.217 e. The first-order valence-corrected chi connectivity index (χ1v) is 9.48. The van der Waals surface area contributed by atoms with Crippen molar-refractivity contribution >= 4 is 5.91 Å². The number of hydrogen-bond acceptors (Lipinski definition) is 4. The van der Waals surface area contributed by atoms with Crippen LogP contribution in [0, 0.1) is 0 Å². The first kappa shape index (κ1) is 17.2. The Kier molecular flexibility index (Phi) is 5.04. The van der Waals surface area contributed by atoms with E-state index in [1.807, 2.05) is 0 Å². The van der Waals surface area contributed by atoms with E-state index in [1.54, 1.807) is 6.92 Å². The van der Waals surface area contributed by atoms with Crippen molar-refractivity contribution in [2.45, 2.75) is 45.6 Å². The van der Waals surface area contributed by atoms with Gasteiger partial charge in [0.2, 0.25) is 5.91 Å². The molecule has 1 aromatic heterocycles. The van der Waals surface area contributed by atoms with Crippen LogP contribution < -0.4 is 5.32 Å². The molecule has 0 bridgehead atoms. The summed E-state index contributed by atoms with van der Waals surface area (Å²) in [5.74, 6) is -0.0120. The second-order valence-corrected chi connectivity index (χ2v) is 7.39. The van der Waals surface area contributed by atoms with Gasteiger partial charge in [-0.25, -0.2) is 0 Å². The molecule has 1 saturated heterocycles. The van der Waals surface area contributed by atoms with Crippen molar-refractivity contribution in [3.05, 3.63) is 53.3 Å². The number of fused-ring (bicyclic) bond motifs is 1. The lowest BCUT2D eigenvalue weighted by atomic mass is 10.2. The molecular weight excluding hydrogens is 326 g/mol. The van der Waals surface area contributed by atoms with E-state index in [4.69, 9.17) is 0 Å². The van der Waals surface area contributed by atoms with Gasteiger partial charge in [0.15, 0.2) is 0 Å². The molecule has 2 aliphatic heterocycles. The van der Waals surface area contributed by atoms with Crippen molar-refractivity contribution in [1.29, 1.82) is 0 Å². The van der Waals surface area contributed by atoms with Crippen molar-refractivity contribution in [2.75, 3.05) is 19.6 Å². The number of carbonyl (C=O) groups is 1. The van der Waals surface area contributed by atoms with E-state index in [9.17, 15) is 4.79 Å². The second kappa shape index (κ2) is 7.60. The van der Waals surface area contributed by atoms with Gasteiger partial charge in [-0.15, -0.1) is 0 Å². The lowest BCUT2D eigenvalue weighted by Crippen LogP contribution is -2.42. The molecule has 138 valence electrons. The molecular formula is C20H27N5O. The average molecular weight is 353 g/mol. The normalized spacial score (nSPS) is 20.9. The van der Waals surface area contributed by atoms with Crippen LogP contribution in [0.5, 0.6) is 0 Å². The molecule has 6 nitrogen and oxygen atoms in total. The Morgan fingerprint density at radius 1 is 1.23 bits per heavy atom. The van der Waals surface area contributed by atoms with Gasteiger partial charge in [-0.05, 0) is 18.1 Å². The van der Waals surface area contributed by atoms with Crippen LogP contribution in [0.15, 0.2) is 36.4 Å². The predicted molar refractivity (Wildman–Crippen MR) is 100 cm³/mol. The summed E-state index contributed by atoms with van der Waals surface area (Å²) in [6.45, 7) is 8.36. The van der Waals surface area contributed by atoms with E-state index in [1.165, 1.54) is 24.2 Å². The van der Waals surface area contributed by atoms with E-state index >= 15 is 0 Å². The van der Waals surface area contributed by atoms with Crippen LogP contribution >= 0.6 is 0 Å². The SMILES string of the molecule is CC(=O)NCc1cc2n(n1)CCN(C1CCN(Cc3ccccc3)C1)C2. The number of rotatable bonds is 5. The number of nitrogens with one attached hydrogen (secondary N) is 1. The van der Waals surface area contributed by atoms with Crippen molar-refractivity contribution < 1.29 is 4.79 Å². The smallest absolute Gasteiger partial charge is 0.217 e. The molecule has 6 heteroatoms. The number of benzene rings is 1. The van der Waals surface area contributed by atoms with Crippen LogP contribution in [0.2, 0.25) is 0 Å². The standard InChI is InChI=1S/C20H27N5O/c1-16(26)21-12-18-11-20-15-24(9-10-25(20)22-18)19-7-8-23(14-19)13-17-5-3-2-4-6-17/h2-6,11,19H,7-10,12-15H2,1H3,(H,21,26). The van der Waals surface area contributed by atoms with Gasteiger partial charge in [-0.1, -0.05) is 30.3 Å². The molecule has 26 heavy (non-hydrogen) atoms. The molecule has 4 rings (SSSR count). The van der Waals surface area contributed by atoms with Crippen LogP contribution in [-0.2, 0) is 31.0 Å². The molecule has 1 unspecified atom stereocenters. The third-order valence-electron chi connectivity index (χ3n) is 5.41. The number of hydrogen-bond donors (Lipinski definition) is 1. The minimum absolute atomic E-state index is 0.0120. The molecule has 1 fully saturated rings. The van der Waals surface area contributed by atoms with Gasteiger partial charge in [0.05, 0.1) is 24.5 Å². The Morgan fingerprint density at radius 2 is 2.08 bits per heavy atom. The summed E-state index contributed by atoms with van der Waals surface area (Å²) in [6, 6.07) is 13.5. The monoisotopic (exact) mass is 353 g/mol. The van der Waals surface area contributed by atoms with Crippen LogP contribution in [0.3, 0.4) is 0 Å². The molecule has 1 aromatic carbocycles. The summed E-state index contributed by atoms with van der Waals surface area (Å²) in [4.78, 5) is 16.3. The largest absolute Gasteiger partial charge is 0.351 e. The van der Waals surface area contributed by atoms with Crippen molar-refractivity contribution in [3.8, 4) is 0 Å². The fourth-order valence-electron chi connectivity index (χ4n) is 4.05. The van der Waals surface area contributed by atoms with Crippen LogP contribution in [0.4, 0.5) is 0 Å². The Hall–Kier alpha value is -2.18. The molecule has 0 spiro atoms. The van der Waals surface area contributed by atoms with Gasteiger partial charge < -0.3 is 5.32 Å². The Bertz CT molecular complexity index is 757. The predicted octanol–water partition coefficient (Wildman–Crippen LogP) is 1.61. The summed E-state index contributed by atoms with van der Waals surface area (Å²) in [5, 5.41) is 7.45. The molecule has 0 aliphatic carbocycles. The highest BCUT2D eigenvalue weighted by molar-refractivity contribution is 5.72. The molecule has 1 N–H and O–H groups in total. The van der Waals surface area contributed by atoms with Crippen molar-refractivity contribution in [1.82, 2.24) is 24.9 Å². The zero-order chi connectivity index (χ0) is 17.9. The highest BCUT2D eigenvalue weighted by Crippen LogP contribution is 2.23. The zero-order valence-corrected chi connectivity index (χ0v) is 15.4. The van der Waals surface area contributed by atoms with Gasteiger partial charge in [0.1, 0.15) is 0 Å². The Labute approximate surface area is 154 Å². The van der Waals surface area contributed by atoms with Crippen molar-refractivity contribution in [3.63, 3.8) is 0 Å². The number of nitrogens with zero attached hydrogens (tertiary/aromatic N) is 4. The summed E-state index contributed by atoms with van der Waals surface area (Å²) in [7, 11) is 0. The fourth-order valence-corrected chi connectivity index (χ4v) is 4.05. The molecule has 0 radical (unpaired) electrons. The third-order valence-corrected chi connectivity index (χ3v) is 5.41. The maximum absolute atomic E-state index is 11.1. The maximum atomic E-state index is 11.1. The number of likely N-dealkylation sites (tertiary alicyclic amines) is 1. The van der Waals surface area contributed by atoms with Gasteiger partial charge in [-0.2, -0.15) is 5.10 Å². The third kappa shape index (κ3) is 3.97. The molecule has 2 aliphatic rings. The Balaban J connectivity index is 1.33. The topological polar surface area (TPSA) is 53.4 Å². The van der Waals surface area contributed by atoms with E-state index in [0.717, 1.165) is 38.4 Å². The molecule has 1 atom stereocenters. The number of amides is 1. The summed E-state index contributed by atoms with van der Waals surface area (Å²) < 4.78 is 2.10. The summed E-state index contributed by atoms with van der Waals surface area (Å²) >= 11 is 0. The average Bonchev–Trinajstić information content (AvgIpc) is 3.26. The lowest BCUT2D eigenvalue weighted by molar-refractivity contribution is -0.119. The molecule has 3 heterocycles. The first-order chi connectivity index (χ1) is 12.7. The van der Waals surface area contributed by atoms with Gasteiger partial charge in [-0.3, -0.25) is 19.3 Å². The van der Waals surface area contributed by atoms with Gasteiger partial charge in [0, 0.05) is 45.7 Å². The minimum Gasteiger partial charge on any atom is -0.351 e. The first-order valence-electron chi connectivity index (χ1n) is 9.48. The molecule has 2 aromatic rings. The fraction of sp³-hybridized carbons (Fsp3) is 0.500. The van der Waals surface area contributed by atoms with Gasteiger partial charge >= 0.3 is 0 Å². The van der Waals surface area contributed by atoms with E-state index in [0.29, 0.717) is 12.6 Å². The minimum atomic E-state index is -0.0120. The highest BCUT2D eigenvalue weighted by Gasteiger charge is 2.30. The highest BCUT2D eigenvalue weighted by atomic mass is 16.1. The Morgan fingerprint density at radius 3 is 2.88 bits per heavy atom. The molecule has 1 amide bonds. The summed E-state index contributed by atoms with van der Waals surface area (Å²) in [6.07, 6.45) is 1.24. The van der Waals surface area contributed by atoms with E-state index in [-0.39, 0.29) is 5.91 Å². The second-order valence-electron chi connectivity index (χ2n) is 7.39. The van der Waals surface area contributed by atoms with Gasteiger partial charge in [0.25, 0.3) is 0 Å². The van der Waals surface area contributed by atoms with Crippen LogP contribution in [-0.4, -0.2) is 51.2 Å². The van der Waals surface area contributed by atoms with Crippen LogP contribution in [0.25, 0.3) is 0 Å². The zero-order valence-electron chi connectivity index (χ0n) is 15.4.